The number of hydrogen-bond acceptors (Lipinski definition) is 12. The quantitative estimate of drug-likeness (QED) is 0.145. The molecule has 0 atom stereocenters. The monoisotopic (exact) mass is 578 g/mol. The van der Waals surface area contributed by atoms with Crippen LogP contribution in [0.25, 0.3) is 0 Å². The van der Waals surface area contributed by atoms with Gasteiger partial charge in [0.25, 0.3) is 23.6 Å². The first-order chi connectivity index (χ1) is 20.0. The van der Waals surface area contributed by atoms with Gasteiger partial charge in [-0.25, -0.2) is 4.79 Å². The second-order valence-corrected chi connectivity index (χ2v) is 8.56. The Morgan fingerprint density at radius 1 is 0.610 bits per heavy atom. The van der Waals surface area contributed by atoms with Crippen LogP contribution < -0.4 is 4.74 Å². The highest BCUT2D eigenvalue weighted by molar-refractivity contribution is 6.12. The van der Waals surface area contributed by atoms with Crippen LogP contribution in [0.4, 0.5) is 0 Å². The Bertz CT molecular complexity index is 1020. The molecule has 2 aliphatic rings. The molecule has 224 valence electrons. The van der Waals surface area contributed by atoms with Crippen molar-refractivity contribution in [2.45, 2.75) is 12.8 Å². The van der Waals surface area contributed by atoms with E-state index in [0.29, 0.717) is 76.9 Å². The van der Waals surface area contributed by atoms with Crippen molar-refractivity contribution < 1.29 is 57.2 Å². The Morgan fingerprint density at radius 2 is 1.05 bits per heavy atom. The molecule has 1 fully saturated rings. The molecule has 2 aliphatic heterocycles. The predicted molar refractivity (Wildman–Crippen MR) is 138 cm³/mol. The summed E-state index contributed by atoms with van der Waals surface area (Å²) < 4.78 is 32.6. The molecule has 14 nitrogen and oxygen atoms in total. The molecule has 2 heterocycles. The number of amides is 4. The Kier molecular flexibility index (Phi) is 13.9. The Balaban J connectivity index is 1.06. The van der Waals surface area contributed by atoms with Crippen molar-refractivity contribution in [3.05, 3.63) is 42.0 Å². The Hall–Kier alpha value is -3.69. The minimum atomic E-state index is -0.799. The summed E-state index contributed by atoms with van der Waals surface area (Å²) in [6, 6.07) is 6.11. The van der Waals surface area contributed by atoms with Gasteiger partial charge in [0.15, 0.2) is 0 Å². The van der Waals surface area contributed by atoms with Crippen LogP contribution in [0.1, 0.15) is 23.2 Å². The van der Waals surface area contributed by atoms with Gasteiger partial charge in [0.2, 0.25) is 0 Å². The first-order valence-electron chi connectivity index (χ1n) is 13.2. The number of imide groups is 2. The number of ether oxygens (including phenoxy) is 6. The van der Waals surface area contributed by atoms with Gasteiger partial charge in [0.1, 0.15) is 12.4 Å². The molecule has 0 N–H and O–H groups in total. The molecule has 0 bridgehead atoms. The Labute approximate surface area is 236 Å². The minimum absolute atomic E-state index is 0.0353. The molecule has 41 heavy (non-hydrogen) atoms. The number of carbonyl (C=O) groups is 5. The summed E-state index contributed by atoms with van der Waals surface area (Å²) in [5, 5.41) is 0.505. The summed E-state index contributed by atoms with van der Waals surface area (Å²) in [4.78, 5) is 63.9. The molecule has 1 aromatic carbocycles. The number of carbonyl (C=O) groups excluding carboxylic acids is 5. The Morgan fingerprint density at radius 3 is 1.54 bits per heavy atom. The molecule has 0 spiro atoms. The summed E-state index contributed by atoms with van der Waals surface area (Å²) in [6.45, 7) is 4.31. The van der Waals surface area contributed by atoms with Crippen molar-refractivity contribution in [3.8, 4) is 5.75 Å². The summed E-state index contributed by atoms with van der Waals surface area (Å²) in [5.74, 6) is -1.99. The van der Waals surface area contributed by atoms with Crippen molar-refractivity contribution >= 4 is 29.6 Å². The van der Waals surface area contributed by atoms with Crippen molar-refractivity contribution in [2.24, 2.45) is 0 Å². The fourth-order valence-corrected chi connectivity index (χ4v) is 3.49. The average molecular weight is 579 g/mol. The van der Waals surface area contributed by atoms with E-state index in [1.54, 1.807) is 12.1 Å². The van der Waals surface area contributed by atoms with Crippen molar-refractivity contribution in [3.63, 3.8) is 0 Å². The first-order valence-corrected chi connectivity index (χ1v) is 13.2. The van der Waals surface area contributed by atoms with Crippen molar-refractivity contribution in [1.82, 2.24) is 9.96 Å². The number of nitrogens with zero attached hydrogens (tertiary/aromatic N) is 2. The molecule has 1 saturated heterocycles. The molecule has 4 amide bonds. The van der Waals surface area contributed by atoms with E-state index >= 15 is 0 Å². The molecule has 0 aliphatic carbocycles. The van der Waals surface area contributed by atoms with Gasteiger partial charge in [0, 0.05) is 25.0 Å². The minimum Gasteiger partial charge on any atom is -0.491 e. The van der Waals surface area contributed by atoms with Gasteiger partial charge in [-0.15, -0.1) is 5.06 Å². The van der Waals surface area contributed by atoms with Gasteiger partial charge >= 0.3 is 5.97 Å². The highest BCUT2D eigenvalue weighted by Crippen LogP contribution is 2.16. The van der Waals surface area contributed by atoms with Gasteiger partial charge < -0.3 is 33.3 Å². The van der Waals surface area contributed by atoms with Crippen LogP contribution in [-0.2, 0) is 47.7 Å². The van der Waals surface area contributed by atoms with E-state index in [4.69, 9.17) is 33.3 Å². The summed E-state index contributed by atoms with van der Waals surface area (Å²) in [6.07, 6.45) is 2.55. The zero-order chi connectivity index (χ0) is 29.3. The maximum absolute atomic E-state index is 12.1. The maximum Gasteiger partial charge on any atom is 0.363 e. The maximum atomic E-state index is 12.1. The lowest BCUT2D eigenvalue weighted by atomic mass is 10.2. The fourth-order valence-electron chi connectivity index (χ4n) is 3.49. The molecular formula is C27H34N2O12. The van der Waals surface area contributed by atoms with Crippen LogP contribution in [0.3, 0.4) is 0 Å². The van der Waals surface area contributed by atoms with Crippen LogP contribution in [0.2, 0.25) is 0 Å². The van der Waals surface area contributed by atoms with E-state index in [1.807, 2.05) is 0 Å². The van der Waals surface area contributed by atoms with Gasteiger partial charge in [-0.2, -0.15) is 0 Å². The summed E-state index contributed by atoms with van der Waals surface area (Å²) in [5.41, 5.74) is 0.183. The molecule has 14 heteroatoms. The van der Waals surface area contributed by atoms with E-state index < -0.39 is 17.8 Å². The molecule has 0 saturated carbocycles. The zero-order valence-electron chi connectivity index (χ0n) is 22.7. The molecule has 0 unspecified atom stereocenters. The van der Waals surface area contributed by atoms with Gasteiger partial charge in [0.05, 0.1) is 78.2 Å². The number of hydroxylamine groups is 2. The third kappa shape index (κ3) is 11.4. The highest BCUT2D eigenvalue weighted by atomic mass is 16.7. The van der Waals surface area contributed by atoms with Gasteiger partial charge in [-0.3, -0.25) is 24.1 Å². The van der Waals surface area contributed by atoms with Gasteiger partial charge in [-0.05, 0) is 24.3 Å². The molecule has 3 rings (SSSR count). The van der Waals surface area contributed by atoms with Crippen molar-refractivity contribution in [1.29, 1.82) is 0 Å². The van der Waals surface area contributed by atoms with Crippen LogP contribution in [-0.4, -0.2) is 119 Å². The van der Waals surface area contributed by atoms with Crippen molar-refractivity contribution in [2.75, 3.05) is 79.2 Å². The second kappa shape index (κ2) is 17.9. The smallest absolute Gasteiger partial charge is 0.363 e. The zero-order valence-corrected chi connectivity index (χ0v) is 22.7. The molecule has 0 radical (unpaired) electrons. The summed E-state index contributed by atoms with van der Waals surface area (Å²) in [7, 11) is 0. The van der Waals surface area contributed by atoms with E-state index in [1.165, 1.54) is 24.3 Å². The molecule has 1 aromatic rings. The average Bonchev–Trinajstić information content (AvgIpc) is 3.47. The molecule has 0 aromatic heterocycles. The lowest BCUT2D eigenvalue weighted by Gasteiger charge is -2.13. The normalized spacial score (nSPS) is 14.9. The van der Waals surface area contributed by atoms with E-state index in [9.17, 15) is 24.0 Å². The topological polar surface area (TPSA) is 156 Å². The van der Waals surface area contributed by atoms with Crippen LogP contribution in [0.5, 0.6) is 5.75 Å². The van der Waals surface area contributed by atoms with E-state index in [0.717, 1.165) is 4.90 Å². The van der Waals surface area contributed by atoms with E-state index in [-0.39, 0.29) is 43.4 Å². The highest BCUT2D eigenvalue weighted by Gasteiger charge is 2.33. The number of rotatable bonds is 21. The number of hydrogen-bond donors (Lipinski definition) is 0. The predicted octanol–water partition coefficient (Wildman–Crippen LogP) is 0.294. The lowest BCUT2D eigenvalue weighted by Crippen LogP contribution is -2.33. The standard InChI is InChI=1S/C27H34N2O12/c30-23-5-6-24(31)28(23)9-10-35-11-12-36-13-14-37-15-16-38-17-18-39-19-20-40-22-3-1-21(2-4-22)27(34)41-29-25(32)7-8-26(29)33/h1-6H,7-20H2. The SMILES string of the molecule is O=C(ON1C(=O)CCC1=O)c1ccc(OCCOCCOCCOCCOCCOCCN2C(=O)C=CC2=O)cc1. The fraction of sp³-hybridized carbons (Fsp3) is 0.519. The second-order valence-electron chi connectivity index (χ2n) is 8.56. The third-order valence-electron chi connectivity index (χ3n) is 5.61. The first kappa shape index (κ1) is 31.8. The van der Waals surface area contributed by atoms with Crippen LogP contribution in [0.15, 0.2) is 36.4 Å². The lowest BCUT2D eigenvalue weighted by molar-refractivity contribution is -0.172. The van der Waals surface area contributed by atoms with E-state index in [2.05, 4.69) is 0 Å². The van der Waals surface area contributed by atoms with Crippen LogP contribution >= 0.6 is 0 Å². The largest absolute Gasteiger partial charge is 0.491 e. The molecular weight excluding hydrogens is 544 g/mol. The third-order valence-corrected chi connectivity index (χ3v) is 5.61. The summed E-state index contributed by atoms with van der Waals surface area (Å²) >= 11 is 0. The number of benzene rings is 1. The van der Waals surface area contributed by atoms with Crippen LogP contribution in [0, 0.1) is 0 Å². The van der Waals surface area contributed by atoms with Gasteiger partial charge in [-0.1, -0.05) is 0 Å².